The maximum Gasteiger partial charge on any atom is 0.408 e. The Bertz CT molecular complexity index is 1530. The molecule has 2 aromatic rings. The van der Waals surface area contributed by atoms with Crippen molar-refractivity contribution in [3.63, 3.8) is 0 Å². The van der Waals surface area contributed by atoms with E-state index in [1.165, 1.54) is 36.2 Å². The van der Waals surface area contributed by atoms with Crippen molar-refractivity contribution in [1.29, 1.82) is 0 Å². The summed E-state index contributed by atoms with van der Waals surface area (Å²) in [5.41, 5.74) is 0.677. The summed E-state index contributed by atoms with van der Waals surface area (Å²) >= 11 is 0. The summed E-state index contributed by atoms with van der Waals surface area (Å²) in [6, 6.07) is 7.53. The van der Waals surface area contributed by atoms with Crippen molar-refractivity contribution in [2.75, 3.05) is 20.1 Å². The molecule has 0 radical (unpaired) electrons. The highest BCUT2D eigenvalue weighted by molar-refractivity contribution is 5.92. The quantitative estimate of drug-likeness (QED) is 0.281. The Hall–Kier alpha value is -4.68. The molecule has 0 spiro atoms. The van der Waals surface area contributed by atoms with Gasteiger partial charge >= 0.3 is 6.09 Å². The Morgan fingerprint density at radius 2 is 1.63 bits per heavy atom. The zero-order chi connectivity index (χ0) is 37.9. The van der Waals surface area contributed by atoms with Crippen molar-refractivity contribution < 1.29 is 38.2 Å². The number of likely N-dealkylation sites (N-methyl/N-ethyl adjacent to an activating group) is 1. The van der Waals surface area contributed by atoms with E-state index in [1.807, 2.05) is 26.8 Å². The van der Waals surface area contributed by atoms with Crippen LogP contribution in [-0.2, 0) is 35.8 Å². The molecule has 3 rings (SSSR count). The first kappa shape index (κ1) is 40.7. The molecular weight excluding hydrogens is 657 g/mol. The van der Waals surface area contributed by atoms with Gasteiger partial charge in [0.2, 0.25) is 23.6 Å². The number of hydrogen-bond acceptors (Lipinski definition) is 7. The summed E-state index contributed by atoms with van der Waals surface area (Å²) in [5.74, 6) is -1.98. The van der Waals surface area contributed by atoms with Crippen LogP contribution in [0, 0.1) is 5.82 Å². The van der Waals surface area contributed by atoms with Crippen LogP contribution >= 0.6 is 0 Å². The number of phenolic OH excluding ortho intramolecular Hbond substituents is 1. The molecule has 51 heavy (non-hydrogen) atoms. The SMILES string of the molecule is CN(C(=O)CC(NC(=O)OC(C)(C)C)c1ccc(F)cc1)C1CCCCNC(=O)CCCNC(=O)C(Cc2ccc(O)c(C(C)(C)C)c2)NC1=O. The van der Waals surface area contributed by atoms with Gasteiger partial charge < -0.3 is 36.0 Å². The maximum absolute atomic E-state index is 14.1. The number of hydrogen-bond donors (Lipinski definition) is 5. The zero-order valence-corrected chi connectivity index (χ0v) is 30.9. The fourth-order valence-corrected chi connectivity index (χ4v) is 5.78. The fourth-order valence-electron chi connectivity index (χ4n) is 5.78. The lowest BCUT2D eigenvalue weighted by atomic mass is 9.84. The van der Waals surface area contributed by atoms with Gasteiger partial charge in [-0.15, -0.1) is 0 Å². The number of benzene rings is 2. The minimum Gasteiger partial charge on any atom is -0.508 e. The summed E-state index contributed by atoms with van der Waals surface area (Å²) in [4.78, 5) is 67.9. The molecule has 1 heterocycles. The Kier molecular flexibility index (Phi) is 14.4. The van der Waals surface area contributed by atoms with Gasteiger partial charge in [0.15, 0.2) is 0 Å². The van der Waals surface area contributed by atoms with Crippen molar-refractivity contribution in [2.45, 2.75) is 116 Å². The Morgan fingerprint density at radius 1 is 0.961 bits per heavy atom. The van der Waals surface area contributed by atoms with Crippen molar-refractivity contribution in [1.82, 2.24) is 26.2 Å². The first-order valence-electron chi connectivity index (χ1n) is 17.5. The van der Waals surface area contributed by atoms with Gasteiger partial charge in [0.25, 0.3) is 0 Å². The molecule has 1 aliphatic heterocycles. The highest BCUT2D eigenvalue weighted by Gasteiger charge is 2.33. The molecule has 1 fully saturated rings. The van der Waals surface area contributed by atoms with Crippen LogP contribution in [0.2, 0.25) is 0 Å². The monoisotopic (exact) mass is 711 g/mol. The second-order valence-electron chi connectivity index (χ2n) is 15.1. The highest BCUT2D eigenvalue weighted by atomic mass is 19.1. The number of rotatable bonds is 7. The fraction of sp³-hybridized carbons (Fsp3) is 0.553. The number of alkyl carbamates (subject to hydrolysis) is 1. The van der Waals surface area contributed by atoms with Crippen molar-refractivity contribution >= 4 is 29.7 Å². The van der Waals surface area contributed by atoms with E-state index in [9.17, 15) is 33.5 Å². The minimum absolute atomic E-state index is 0.109. The first-order chi connectivity index (χ1) is 23.8. The Labute approximate surface area is 300 Å². The van der Waals surface area contributed by atoms with E-state index in [4.69, 9.17) is 4.74 Å². The second-order valence-corrected chi connectivity index (χ2v) is 15.1. The molecule has 280 valence electrons. The third-order valence-corrected chi connectivity index (χ3v) is 8.55. The molecule has 0 aromatic heterocycles. The van der Waals surface area contributed by atoms with E-state index in [-0.39, 0.29) is 49.3 Å². The summed E-state index contributed by atoms with van der Waals surface area (Å²) in [7, 11) is 1.49. The molecule has 0 saturated carbocycles. The van der Waals surface area contributed by atoms with Gasteiger partial charge in [-0.3, -0.25) is 19.2 Å². The number of carbonyl (C=O) groups is 5. The van der Waals surface area contributed by atoms with Crippen LogP contribution in [0.4, 0.5) is 9.18 Å². The van der Waals surface area contributed by atoms with Gasteiger partial charge in [0, 0.05) is 33.0 Å². The molecule has 5 N–H and O–H groups in total. The van der Waals surface area contributed by atoms with E-state index in [0.717, 1.165) is 0 Å². The molecule has 12 nitrogen and oxygen atoms in total. The third kappa shape index (κ3) is 13.2. The van der Waals surface area contributed by atoms with Crippen LogP contribution in [0.1, 0.15) is 103 Å². The Morgan fingerprint density at radius 3 is 2.27 bits per heavy atom. The summed E-state index contributed by atoms with van der Waals surface area (Å²) in [6.45, 7) is 11.6. The van der Waals surface area contributed by atoms with Crippen LogP contribution in [-0.4, -0.2) is 77.6 Å². The number of carbonyl (C=O) groups excluding carboxylic acids is 5. The molecule has 2 aromatic carbocycles. The van der Waals surface area contributed by atoms with E-state index in [2.05, 4.69) is 21.3 Å². The maximum atomic E-state index is 14.1. The van der Waals surface area contributed by atoms with Crippen molar-refractivity contribution in [3.8, 4) is 5.75 Å². The smallest absolute Gasteiger partial charge is 0.408 e. The number of phenols is 1. The van der Waals surface area contributed by atoms with Gasteiger partial charge in [-0.2, -0.15) is 0 Å². The molecule has 3 unspecified atom stereocenters. The lowest BCUT2D eigenvalue weighted by Gasteiger charge is -2.31. The molecule has 1 saturated heterocycles. The zero-order valence-electron chi connectivity index (χ0n) is 30.9. The van der Waals surface area contributed by atoms with E-state index in [1.54, 1.807) is 32.9 Å². The van der Waals surface area contributed by atoms with Gasteiger partial charge in [0.05, 0.1) is 12.5 Å². The van der Waals surface area contributed by atoms with E-state index < -0.39 is 53.4 Å². The van der Waals surface area contributed by atoms with Crippen LogP contribution < -0.4 is 21.3 Å². The molecule has 13 heteroatoms. The predicted octanol–water partition coefficient (Wildman–Crippen LogP) is 4.54. The molecule has 0 aliphatic carbocycles. The molecule has 0 bridgehead atoms. The molecule has 3 atom stereocenters. The average molecular weight is 712 g/mol. The summed E-state index contributed by atoms with van der Waals surface area (Å²) in [5, 5.41) is 21.8. The van der Waals surface area contributed by atoms with E-state index in [0.29, 0.717) is 42.5 Å². The first-order valence-corrected chi connectivity index (χ1v) is 17.5. The van der Waals surface area contributed by atoms with Gasteiger partial charge in [-0.25, -0.2) is 9.18 Å². The third-order valence-electron chi connectivity index (χ3n) is 8.55. The normalized spacial score (nSPS) is 18.9. The number of nitrogens with one attached hydrogen (secondary N) is 4. The lowest BCUT2D eigenvalue weighted by molar-refractivity contribution is -0.140. The van der Waals surface area contributed by atoms with Crippen molar-refractivity contribution in [3.05, 3.63) is 65.0 Å². The van der Waals surface area contributed by atoms with Gasteiger partial charge in [-0.1, -0.05) is 45.0 Å². The topological polar surface area (TPSA) is 166 Å². The van der Waals surface area contributed by atoms with Gasteiger partial charge in [0.1, 0.15) is 29.3 Å². The second kappa shape index (κ2) is 18.0. The number of aromatic hydroxyl groups is 1. The highest BCUT2D eigenvalue weighted by Crippen LogP contribution is 2.31. The Balaban J connectivity index is 1.91. The average Bonchev–Trinajstić information content (AvgIpc) is 3.03. The van der Waals surface area contributed by atoms with E-state index >= 15 is 0 Å². The van der Waals surface area contributed by atoms with Crippen molar-refractivity contribution in [2.24, 2.45) is 0 Å². The lowest BCUT2D eigenvalue weighted by Crippen LogP contribution is -2.55. The van der Waals surface area contributed by atoms with Crippen LogP contribution in [0.5, 0.6) is 5.75 Å². The minimum atomic E-state index is -1.03. The summed E-state index contributed by atoms with van der Waals surface area (Å²) < 4.78 is 19.2. The number of nitrogens with zero attached hydrogens (tertiary/aromatic N) is 1. The number of amides is 5. The predicted molar refractivity (Wildman–Crippen MR) is 191 cm³/mol. The largest absolute Gasteiger partial charge is 0.508 e. The van der Waals surface area contributed by atoms with Crippen LogP contribution in [0.15, 0.2) is 42.5 Å². The summed E-state index contributed by atoms with van der Waals surface area (Å²) in [6.07, 6.45) is 0.989. The van der Waals surface area contributed by atoms with Crippen LogP contribution in [0.3, 0.4) is 0 Å². The standard InChI is InChI=1S/C38H54FN5O7/c1-37(2,3)27-21-24(13-18-31(27)45)22-29-34(48)41-20-10-12-32(46)40-19-9-8-11-30(35(49)42-29)44(7)33(47)23-28(25-14-16-26(39)17-15-25)43-36(50)51-38(4,5)6/h13-18,21,28-30,45H,8-12,19-20,22-23H2,1-7H3,(H,40,46)(H,41,48)(H,42,49)(H,43,50). The molecule has 5 amide bonds. The number of ether oxygens (including phenoxy) is 1. The number of halogens is 1. The van der Waals surface area contributed by atoms with Crippen LogP contribution in [0.25, 0.3) is 0 Å². The molecule has 1 aliphatic rings. The van der Waals surface area contributed by atoms with Gasteiger partial charge in [-0.05, 0) is 86.8 Å². The molecular formula is C38H54FN5O7.